The molecule has 1 aliphatic heterocycles. The van der Waals surface area contributed by atoms with Gasteiger partial charge in [-0.15, -0.1) is 24.0 Å². The zero-order valence-corrected chi connectivity index (χ0v) is 17.4. The highest BCUT2D eigenvalue weighted by atomic mass is 127. The van der Waals surface area contributed by atoms with Gasteiger partial charge in [-0.2, -0.15) is 0 Å². The summed E-state index contributed by atoms with van der Waals surface area (Å²) in [6, 6.07) is 0. The number of rotatable bonds is 8. The maximum Gasteiger partial charge on any atom is 0.213 e. The van der Waals surface area contributed by atoms with Crippen molar-refractivity contribution in [1.29, 1.82) is 0 Å². The average molecular weight is 462 g/mol. The third-order valence-electron chi connectivity index (χ3n) is 3.37. The predicted octanol–water partition coefficient (Wildman–Crippen LogP) is 0.914. The second kappa shape index (κ2) is 12.3. The minimum atomic E-state index is -3.29. The minimum Gasteiger partial charge on any atom is -0.377 e. The van der Waals surface area contributed by atoms with Gasteiger partial charge in [-0.1, -0.05) is 13.8 Å². The molecule has 1 saturated heterocycles. The number of aliphatic imine (C=N–C) groups is 1. The molecule has 1 heterocycles. The molecule has 3 N–H and O–H groups in total. The van der Waals surface area contributed by atoms with Gasteiger partial charge >= 0.3 is 0 Å². The summed E-state index contributed by atoms with van der Waals surface area (Å²) in [7, 11) is -1.62. The quantitative estimate of drug-likeness (QED) is 0.284. The molecule has 23 heavy (non-hydrogen) atoms. The minimum absolute atomic E-state index is 0. The van der Waals surface area contributed by atoms with Crippen molar-refractivity contribution in [3.05, 3.63) is 0 Å². The summed E-state index contributed by atoms with van der Waals surface area (Å²) in [5.74, 6) is 1.14. The summed E-state index contributed by atoms with van der Waals surface area (Å²) in [5, 5.41) is 6.15. The van der Waals surface area contributed by atoms with Crippen LogP contribution in [-0.2, 0) is 14.8 Å². The lowest BCUT2D eigenvalue weighted by atomic mass is 10.1. The van der Waals surface area contributed by atoms with E-state index >= 15 is 0 Å². The standard InChI is InChI=1S/C14H30N4O3S.HI/c1-12(2)10-17-14(15-3)16-7-9-22(19,20)18-11-13-6-4-5-8-21-13;/h12-13,18H,4-11H2,1-3H3,(H2,15,16,17);1H. The number of hydrogen-bond acceptors (Lipinski definition) is 4. The molecule has 0 radical (unpaired) electrons. The fraction of sp³-hybridized carbons (Fsp3) is 0.929. The second-order valence-corrected chi connectivity index (χ2v) is 7.86. The van der Waals surface area contributed by atoms with Crippen LogP contribution in [-0.4, -0.2) is 59.5 Å². The molecule has 0 aromatic carbocycles. The van der Waals surface area contributed by atoms with Crippen molar-refractivity contribution in [1.82, 2.24) is 15.4 Å². The second-order valence-electron chi connectivity index (χ2n) is 5.93. The third kappa shape index (κ3) is 11.1. The zero-order valence-electron chi connectivity index (χ0n) is 14.3. The van der Waals surface area contributed by atoms with Gasteiger partial charge in [-0.05, 0) is 25.2 Å². The molecule has 0 spiro atoms. The first kappa shape index (κ1) is 22.9. The molecule has 9 heteroatoms. The van der Waals surface area contributed by atoms with Crippen LogP contribution in [0.25, 0.3) is 0 Å². The van der Waals surface area contributed by atoms with E-state index in [0.29, 0.717) is 25.0 Å². The van der Waals surface area contributed by atoms with Gasteiger partial charge < -0.3 is 15.4 Å². The van der Waals surface area contributed by atoms with Crippen LogP contribution in [0.4, 0.5) is 0 Å². The van der Waals surface area contributed by atoms with Crippen LogP contribution in [0.5, 0.6) is 0 Å². The van der Waals surface area contributed by atoms with Crippen molar-refractivity contribution in [2.24, 2.45) is 10.9 Å². The highest BCUT2D eigenvalue weighted by Gasteiger charge is 2.17. The fourth-order valence-electron chi connectivity index (χ4n) is 2.09. The van der Waals surface area contributed by atoms with Crippen molar-refractivity contribution in [2.45, 2.75) is 39.2 Å². The predicted molar refractivity (Wildman–Crippen MR) is 105 cm³/mol. The van der Waals surface area contributed by atoms with E-state index in [9.17, 15) is 8.42 Å². The van der Waals surface area contributed by atoms with E-state index in [-0.39, 0.29) is 35.8 Å². The number of nitrogens with zero attached hydrogens (tertiary/aromatic N) is 1. The summed E-state index contributed by atoms with van der Waals surface area (Å²) in [6.07, 6.45) is 3.10. The molecule has 0 aromatic rings. The molecule has 0 amide bonds. The number of halogens is 1. The first-order valence-electron chi connectivity index (χ1n) is 7.96. The fourth-order valence-corrected chi connectivity index (χ4v) is 3.04. The van der Waals surface area contributed by atoms with Gasteiger partial charge in [-0.3, -0.25) is 4.99 Å². The normalized spacial score (nSPS) is 19.3. The maximum atomic E-state index is 11.9. The molecule has 138 valence electrons. The van der Waals surface area contributed by atoms with E-state index in [1.165, 1.54) is 0 Å². The Kier molecular flexibility index (Phi) is 12.2. The van der Waals surface area contributed by atoms with E-state index in [4.69, 9.17) is 4.74 Å². The van der Waals surface area contributed by atoms with Crippen LogP contribution in [0, 0.1) is 5.92 Å². The van der Waals surface area contributed by atoms with Crippen molar-refractivity contribution >= 4 is 40.0 Å². The Labute approximate surface area is 157 Å². The summed E-state index contributed by atoms with van der Waals surface area (Å²) >= 11 is 0. The Balaban J connectivity index is 0.00000484. The third-order valence-corrected chi connectivity index (χ3v) is 4.72. The topological polar surface area (TPSA) is 91.8 Å². The molecule has 0 aromatic heterocycles. The van der Waals surface area contributed by atoms with E-state index < -0.39 is 10.0 Å². The molecule has 0 bridgehead atoms. The number of guanidine groups is 1. The lowest BCUT2D eigenvalue weighted by Crippen LogP contribution is -2.43. The number of hydrogen-bond donors (Lipinski definition) is 3. The molecule has 1 aliphatic rings. The first-order valence-corrected chi connectivity index (χ1v) is 9.61. The molecular weight excluding hydrogens is 431 g/mol. The molecule has 0 saturated carbocycles. The maximum absolute atomic E-state index is 11.9. The lowest BCUT2D eigenvalue weighted by molar-refractivity contribution is 0.0200. The average Bonchev–Trinajstić information content (AvgIpc) is 2.49. The molecular formula is C14H31IN4O3S. The molecule has 1 unspecified atom stereocenters. The Hall–Kier alpha value is -0.130. The van der Waals surface area contributed by atoms with Gasteiger partial charge in [0.2, 0.25) is 10.0 Å². The van der Waals surface area contributed by atoms with Crippen LogP contribution in [0.3, 0.4) is 0 Å². The lowest BCUT2D eigenvalue weighted by Gasteiger charge is -2.22. The molecule has 1 atom stereocenters. The van der Waals surface area contributed by atoms with Gasteiger partial charge in [0.15, 0.2) is 5.96 Å². The van der Waals surface area contributed by atoms with Gasteiger partial charge in [0.1, 0.15) is 0 Å². The van der Waals surface area contributed by atoms with Gasteiger partial charge in [0.05, 0.1) is 11.9 Å². The number of nitrogens with one attached hydrogen (secondary N) is 3. The summed E-state index contributed by atoms with van der Waals surface area (Å²) in [6.45, 7) is 6.40. The van der Waals surface area contributed by atoms with E-state index in [1.54, 1.807) is 7.05 Å². The van der Waals surface area contributed by atoms with Gasteiger partial charge in [0.25, 0.3) is 0 Å². The molecule has 1 fully saturated rings. The highest BCUT2D eigenvalue weighted by Crippen LogP contribution is 2.11. The SMILES string of the molecule is CN=C(NCCS(=O)(=O)NCC1CCCCO1)NCC(C)C.I. The van der Waals surface area contributed by atoms with Crippen LogP contribution in [0.2, 0.25) is 0 Å². The van der Waals surface area contributed by atoms with Crippen LogP contribution in [0.1, 0.15) is 33.1 Å². The van der Waals surface area contributed by atoms with Gasteiger partial charge in [0, 0.05) is 33.3 Å². The Morgan fingerprint density at radius 3 is 2.61 bits per heavy atom. The van der Waals surface area contributed by atoms with E-state index in [0.717, 1.165) is 32.4 Å². The Bertz CT molecular complexity index is 437. The van der Waals surface area contributed by atoms with Crippen LogP contribution < -0.4 is 15.4 Å². The molecule has 0 aliphatic carbocycles. The largest absolute Gasteiger partial charge is 0.377 e. The van der Waals surface area contributed by atoms with E-state index in [2.05, 4.69) is 34.2 Å². The smallest absolute Gasteiger partial charge is 0.213 e. The highest BCUT2D eigenvalue weighted by molar-refractivity contribution is 14.0. The van der Waals surface area contributed by atoms with Crippen molar-refractivity contribution in [2.75, 3.05) is 39.0 Å². The van der Waals surface area contributed by atoms with Crippen molar-refractivity contribution in [3.63, 3.8) is 0 Å². The molecule has 1 rings (SSSR count). The zero-order chi connectivity index (χ0) is 16.4. The van der Waals surface area contributed by atoms with Crippen LogP contribution >= 0.6 is 24.0 Å². The Morgan fingerprint density at radius 1 is 1.30 bits per heavy atom. The first-order chi connectivity index (χ1) is 10.4. The van der Waals surface area contributed by atoms with Crippen molar-refractivity contribution < 1.29 is 13.2 Å². The number of ether oxygens (including phenoxy) is 1. The van der Waals surface area contributed by atoms with E-state index in [1.807, 2.05) is 0 Å². The number of sulfonamides is 1. The molecule has 7 nitrogen and oxygen atoms in total. The summed E-state index contributed by atoms with van der Waals surface area (Å²) in [5.41, 5.74) is 0. The van der Waals surface area contributed by atoms with Crippen molar-refractivity contribution in [3.8, 4) is 0 Å². The van der Waals surface area contributed by atoms with Gasteiger partial charge in [-0.25, -0.2) is 13.1 Å². The summed E-state index contributed by atoms with van der Waals surface area (Å²) < 4.78 is 32.0. The monoisotopic (exact) mass is 462 g/mol. The summed E-state index contributed by atoms with van der Waals surface area (Å²) in [4.78, 5) is 4.06. The Morgan fingerprint density at radius 2 is 2.04 bits per heavy atom. The van der Waals surface area contributed by atoms with Crippen LogP contribution in [0.15, 0.2) is 4.99 Å².